The molecule has 8 fully saturated rings. The minimum absolute atomic E-state index is 0.142. The number of nitrogens with one attached hydrogen (secondary N) is 1. The highest BCUT2D eigenvalue weighted by atomic mass is 16.5. The summed E-state index contributed by atoms with van der Waals surface area (Å²) in [6, 6.07) is 0. The van der Waals surface area contributed by atoms with Gasteiger partial charge < -0.3 is 20.1 Å². The van der Waals surface area contributed by atoms with E-state index in [-0.39, 0.29) is 50.6 Å². The van der Waals surface area contributed by atoms with Crippen LogP contribution in [0.25, 0.3) is 0 Å². The molecule has 8 heteroatoms. The van der Waals surface area contributed by atoms with Crippen molar-refractivity contribution in [2.75, 3.05) is 39.3 Å². The van der Waals surface area contributed by atoms with Crippen molar-refractivity contribution in [1.29, 1.82) is 0 Å². The standard InChI is InChI=1S/C49H81N3O5/c1-12-51-25-27-52(28-26-51)30-42(2,3)50-41(56)49-20-15-31(45(8)21-22-45)38(49)32-13-14-36-46(9)18-17-37(57-40(55)34-29-33(39(53)54)43(34,4)5)44(6,7)35(46)16-19-48(36,11)47(32,10)23-24-49/h31-38H,12-30H2,1-11H3,(H,50,56)(H,53,54)/t31-,32-,33+,34-,35+,36-,37+,38-,46+,47-,48-,49+/m1/s1. The fraction of sp³-hybridized carbons (Fsp3) is 0.939. The third-order valence-electron chi connectivity index (χ3n) is 20.9. The van der Waals surface area contributed by atoms with Crippen molar-refractivity contribution in [2.24, 2.45) is 79.3 Å². The lowest BCUT2D eigenvalue weighted by molar-refractivity contribution is -0.252. The Morgan fingerprint density at radius 3 is 1.98 bits per heavy atom. The fourth-order valence-electron chi connectivity index (χ4n) is 16.8. The minimum Gasteiger partial charge on any atom is -0.481 e. The van der Waals surface area contributed by atoms with Gasteiger partial charge in [0.1, 0.15) is 6.10 Å². The van der Waals surface area contributed by atoms with Crippen LogP contribution in [-0.2, 0) is 19.1 Å². The lowest BCUT2D eigenvalue weighted by Gasteiger charge is -2.73. The molecule has 0 aromatic rings. The van der Waals surface area contributed by atoms with Gasteiger partial charge in [0.25, 0.3) is 0 Å². The van der Waals surface area contributed by atoms with Crippen molar-refractivity contribution in [1.82, 2.24) is 15.1 Å². The lowest BCUT2D eigenvalue weighted by Crippen LogP contribution is -2.68. The quantitative estimate of drug-likeness (QED) is 0.225. The summed E-state index contributed by atoms with van der Waals surface area (Å²) < 4.78 is 6.48. The van der Waals surface area contributed by atoms with E-state index in [1.807, 2.05) is 13.8 Å². The van der Waals surface area contributed by atoms with Crippen LogP contribution in [-0.4, -0.2) is 83.7 Å². The van der Waals surface area contributed by atoms with Crippen LogP contribution < -0.4 is 5.32 Å². The first kappa shape index (κ1) is 42.0. The van der Waals surface area contributed by atoms with Crippen LogP contribution in [0.1, 0.15) is 160 Å². The van der Waals surface area contributed by atoms with Crippen LogP contribution in [0.5, 0.6) is 0 Å². The molecule has 0 radical (unpaired) electrons. The molecule has 8 rings (SSSR count). The molecule has 1 heterocycles. The van der Waals surface area contributed by atoms with Gasteiger partial charge in [-0.25, -0.2) is 0 Å². The van der Waals surface area contributed by atoms with E-state index in [4.69, 9.17) is 4.74 Å². The maximum absolute atomic E-state index is 15.2. The molecular weight excluding hydrogens is 711 g/mol. The van der Waals surface area contributed by atoms with Crippen molar-refractivity contribution in [2.45, 2.75) is 171 Å². The van der Waals surface area contributed by atoms with Crippen LogP contribution >= 0.6 is 0 Å². The Morgan fingerprint density at radius 1 is 0.702 bits per heavy atom. The first-order valence-electron chi connectivity index (χ1n) is 23.7. The molecule has 0 spiro atoms. The Kier molecular flexibility index (Phi) is 10.1. The number of fused-ring (bicyclic) bond motifs is 7. The van der Waals surface area contributed by atoms with E-state index in [0.29, 0.717) is 47.3 Å². The number of carboxylic acids is 1. The second-order valence-electron chi connectivity index (χ2n) is 24.5. The van der Waals surface area contributed by atoms with Crippen LogP contribution in [0.2, 0.25) is 0 Å². The van der Waals surface area contributed by atoms with Gasteiger partial charge >= 0.3 is 11.9 Å². The van der Waals surface area contributed by atoms with Crippen molar-refractivity contribution >= 4 is 17.8 Å². The lowest BCUT2D eigenvalue weighted by atomic mass is 9.32. The van der Waals surface area contributed by atoms with E-state index >= 15 is 4.79 Å². The highest BCUT2D eigenvalue weighted by molar-refractivity contribution is 5.84. The number of likely N-dealkylation sites (N-methyl/N-ethyl adjacent to an activating group) is 1. The number of carbonyl (C=O) groups excluding carboxylic acids is 2. The van der Waals surface area contributed by atoms with Crippen LogP contribution in [0.4, 0.5) is 0 Å². The summed E-state index contributed by atoms with van der Waals surface area (Å²) in [5, 5.41) is 13.5. The maximum atomic E-state index is 15.2. The number of hydrogen-bond acceptors (Lipinski definition) is 6. The monoisotopic (exact) mass is 792 g/mol. The highest BCUT2D eigenvalue weighted by Crippen LogP contribution is 2.79. The SMILES string of the molecule is CCN1CCN(CC(C)(C)NC(=O)[C@]23CC[C@@H](C4(C)CC4)[C@@H]2[C@H]2CC[C@@H]4[C@@]5(C)CC[C@H](OC(=O)[C@H]6C[C@@H](C(=O)O)C6(C)C)C(C)(C)[C@@H]5CC[C@@]4(C)[C@]2(C)CC3)CC1. The molecule has 57 heavy (non-hydrogen) atoms. The molecule has 7 aliphatic carbocycles. The van der Waals surface area contributed by atoms with E-state index in [1.165, 1.54) is 38.5 Å². The molecule has 12 atom stereocenters. The number of rotatable bonds is 9. The van der Waals surface area contributed by atoms with Crippen molar-refractivity contribution in [3.05, 3.63) is 0 Å². The zero-order chi connectivity index (χ0) is 41.4. The normalized spacial score (nSPS) is 45.9. The minimum atomic E-state index is -0.806. The summed E-state index contributed by atoms with van der Waals surface area (Å²) in [6.45, 7) is 32.4. The largest absolute Gasteiger partial charge is 0.481 e. The van der Waals surface area contributed by atoms with Gasteiger partial charge in [-0.15, -0.1) is 0 Å². The molecule has 1 amide bonds. The predicted octanol–water partition coefficient (Wildman–Crippen LogP) is 9.06. The van der Waals surface area contributed by atoms with Crippen LogP contribution in [0.15, 0.2) is 0 Å². The Bertz CT molecular complexity index is 1610. The molecule has 8 nitrogen and oxygen atoms in total. The van der Waals surface area contributed by atoms with Crippen molar-refractivity contribution in [3.8, 4) is 0 Å². The topological polar surface area (TPSA) is 99.2 Å². The fourth-order valence-corrected chi connectivity index (χ4v) is 16.8. The molecule has 0 unspecified atom stereocenters. The molecule has 0 aromatic carbocycles. The van der Waals surface area contributed by atoms with Gasteiger partial charge in [0.2, 0.25) is 5.91 Å². The number of ether oxygens (including phenoxy) is 1. The maximum Gasteiger partial charge on any atom is 0.309 e. The van der Waals surface area contributed by atoms with Crippen molar-refractivity contribution < 1.29 is 24.2 Å². The van der Waals surface area contributed by atoms with Gasteiger partial charge in [-0.05, 0) is 161 Å². The number of carboxylic acid groups (broad SMARTS) is 1. The van der Waals surface area contributed by atoms with Gasteiger partial charge in [-0.3, -0.25) is 19.3 Å². The third-order valence-corrected chi connectivity index (χ3v) is 20.9. The number of nitrogens with zero attached hydrogens (tertiary/aromatic N) is 2. The average molecular weight is 792 g/mol. The highest BCUT2D eigenvalue weighted by Gasteiger charge is 2.74. The first-order chi connectivity index (χ1) is 26.5. The van der Waals surface area contributed by atoms with Crippen molar-refractivity contribution in [3.63, 3.8) is 0 Å². The van der Waals surface area contributed by atoms with E-state index in [0.717, 1.165) is 77.8 Å². The van der Waals surface area contributed by atoms with Gasteiger partial charge in [0.05, 0.1) is 17.3 Å². The summed E-state index contributed by atoms with van der Waals surface area (Å²) in [4.78, 5) is 45.8. The predicted molar refractivity (Wildman–Crippen MR) is 225 cm³/mol. The Balaban J connectivity index is 1.02. The van der Waals surface area contributed by atoms with Crippen LogP contribution in [0.3, 0.4) is 0 Å². The van der Waals surface area contributed by atoms with Gasteiger partial charge in [0.15, 0.2) is 0 Å². The molecular formula is C49H81N3O5. The number of aliphatic carboxylic acids is 1. The zero-order valence-electron chi connectivity index (χ0n) is 38.0. The van der Waals surface area contributed by atoms with E-state index in [1.54, 1.807) is 0 Å². The molecule has 2 N–H and O–H groups in total. The Morgan fingerprint density at radius 2 is 1.37 bits per heavy atom. The van der Waals surface area contributed by atoms with Gasteiger partial charge in [-0.2, -0.15) is 0 Å². The second-order valence-corrected chi connectivity index (χ2v) is 24.5. The summed E-state index contributed by atoms with van der Waals surface area (Å²) in [5.74, 6) is 1.28. The molecule has 0 bridgehead atoms. The van der Waals surface area contributed by atoms with Crippen LogP contribution in [0, 0.1) is 79.3 Å². The summed E-state index contributed by atoms with van der Waals surface area (Å²) >= 11 is 0. The first-order valence-corrected chi connectivity index (χ1v) is 23.7. The second kappa shape index (κ2) is 13.7. The van der Waals surface area contributed by atoms with Gasteiger partial charge in [0, 0.05) is 43.7 Å². The number of amides is 1. The third kappa shape index (κ3) is 6.25. The summed E-state index contributed by atoms with van der Waals surface area (Å²) in [6.07, 6.45) is 14.1. The summed E-state index contributed by atoms with van der Waals surface area (Å²) in [7, 11) is 0. The van der Waals surface area contributed by atoms with E-state index < -0.39 is 17.3 Å². The van der Waals surface area contributed by atoms with E-state index in [9.17, 15) is 14.7 Å². The molecule has 7 saturated carbocycles. The number of piperazine rings is 1. The van der Waals surface area contributed by atoms with E-state index in [2.05, 4.69) is 77.4 Å². The van der Waals surface area contributed by atoms with Gasteiger partial charge in [-0.1, -0.05) is 62.3 Å². The zero-order valence-corrected chi connectivity index (χ0v) is 38.0. The smallest absolute Gasteiger partial charge is 0.309 e. The Hall–Kier alpha value is -1.67. The Labute approximate surface area is 346 Å². The molecule has 1 aliphatic heterocycles. The number of carbonyl (C=O) groups is 3. The molecule has 8 aliphatic rings. The number of esters is 1. The molecule has 1 saturated heterocycles. The average Bonchev–Trinajstić information content (AvgIpc) is 3.73. The molecule has 0 aromatic heterocycles. The molecule has 322 valence electrons. The summed E-state index contributed by atoms with van der Waals surface area (Å²) in [5.41, 5.74) is -0.324. The number of hydrogen-bond donors (Lipinski definition) is 2.